The average molecular weight is 1750 g/mol. The van der Waals surface area contributed by atoms with Crippen LogP contribution >= 0.6 is 0 Å². The molecule has 0 radical (unpaired) electrons. The fourth-order valence-corrected chi connectivity index (χ4v) is 33.4. The van der Waals surface area contributed by atoms with Crippen LogP contribution in [0.3, 0.4) is 0 Å². The van der Waals surface area contributed by atoms with E-state index in [9.17, 15) is 0 Å². The summed E-state index contributed by atoms with van der Waals surface area (Å²) in [5.74, 6) is -0.377. The van der Waals surface area contributed by atoms with Crippen LogP contribution in [0.1, 0.15) is 22.6 Å². The first-order valence-corrected chi connectivity index (χ1v) is 50.8. The van der Waals surface area contributed by atoms with Gasteiger partial charge in [0, 0.05) is 77.1 Å². The number of fused-ring (bicyclic) bond motifs is 16. The molecule has 27 rings (SSSR count). The molecule has 2 aliphatic rings. The maximum Gasteiger partial charge on any atom is 0.179 e. The van der Waals surface area contributed by atoms with Gasteiger partial charge in [0.1, 0.15) is 0 Å². The third-order valence-electron chi connectivity index (χ3n) is 29.2. The van der Waals surface area contributed by atoms with Crippen molar-refractivity contribution in [3.63, 3.8) is 0 Å². The number of hydrogen-bond donors (Lipinski definition) is 0. The van der Waals surface area contributed by atoms with Gasteiger partial charge in [0.15, 0.2) is 16.1 Å². The Morgan fingerprint density at radius 2 is 0.407 bits per heavy atom. The number of nitrogens with zero attached hydrogens (tertiary/aromatic N) is 6. The van der Waals surface area contributed by atoms with Crippen LogP contribution in [0, 0.1) is 0 Å². The number of hydrogen-bond acceptors (Lipinski definition) is 2. The monoisotopic (exact) mass is 1750 g/mol. The molecule has 21 aromatic carbocycles. The highest BCUT2D eigenvalue weighted by atomic mass is 28.3. The lowest BCUT2D eigenvalue weighted by atomic mass is 9.75. The second-order valence-corrected chi connectivity index (χ2v) is 43.6. The van der Waals surface area contributed by atoms with Gasteiger partial charge in [-0.05, 0) is 173 Å². The van der Waals surface area contributed by atoms with Crippen LogP contribution in [0.2, 0.25) is 0 Å². The van der Waals surface area contributed by atoms with Crippen molar-refractivity contribution in [2.45, 2.75) is 5.92 Å². The van der Waals surface area contributed by atoms with Crippen molar-refractivity contribution in [1.29, 1.82) is 0 Å². The topological polar surface area (TPSA) is 26.2 Å². The minimum Gasteiger partial charge on any atom is -0.309 e. The zero-order valence-corrected chi connectivity index (χ0v) is 75.8. The van der Waals surface area contributed by atoms with Crippen LogP contribution in [0.4, 0.5) is 34.1 Å². The lowest BCUT2D eigenvalue weighted by Crippen LogP contribution is -2.74. The van der Waals surface area contributed by atoms with E-state index in [1.54, 1.807) is 0 Å². The van der Waals surface area contributed by atoms with E-state index in [2.05, 4.69) is 544 Å². The van der Waals surface area contributed by atoms with Gasteiger partial charge in [-0.1, -0.05) is 406 Å². The molecule has 8 heteroatoms. The summed E-state index contributed by atoms with van der Waals surface area (Å²) in [6.07, 6.45) is 0. The van der Waals surface area contributed by atoms with E-state index < -0.39 is 16.1 Å². The van der Waals surface area contributed by atoms with E-state index in [-0.39, 0.29) is 5.92 Å². The summed E-state index contributed by atoms with van der Waals surface area (Å²) in [4.78, 5) is 5.30. The normalized spacial score (nSPS) is 12.7. The Bertz CT molecular complexity index is 8210. The molecule has 6 heterocycles. The van der Waals surface area contributed by atoms with Gasteiger partial charge in [0.25, 0.3) is 0 Å². The largest absolute Gasteiger partial charge is 0.309 e. The molecule has 135 heavy (non-hydrogen) atoms. The van der Waals surface area contributed by atoms with Crippen LogP contribution in [0.25, 0.3) is 132 Å². The highest BCUT2D eigenvalue weighted by molar-refractivity contribution is 7.20. The van der Waals surface area contributed by atoms with Crippen molar-refractivity contribution in [3.8, 4) is 45.0 Å². The van der Waals surface area contributed by atoms with E-state index in [4.69, 9.17) is 0 Å². The smallest absolute Gasteiger partial charge is 0.179 e. The zero-order valence-electron chi connectivity index (χ0n) is 73.8. The van der Waals surface area contributed by atoms with Crippen molar-refractivity contribution in [3.05, 3.63) is 532 Å². The molecule has 0 N–H and O–H groups in total. The number of benzene rings is 21. The fraction of sp³-hybridized carbons (Fsp3) is 0.00787. The predicted molar refractivity (Wildman–Crippen MR) is 572 cm³/mol. The van der Waals surface area contributed by atoms with E-state index in [0.29, 0.717) is 0 Å². The van der Waals surface area contributed by atoms with Crippen LogP contribution in [0.15, 0.2) is 516 Å². The van der Waals surface area contributed by atoms with Gasteiger partial charge in [-0.2, -0.15) is 0 Å². The fourth-order valence-electron chi connectivity index (χ4n) is 23.8. The van der Waals surface area contributed by atoms with Gasteiger partial charge in [0.2, 0.25) is 0 Å². The molecule has 6 nitrogen and oxygen atoms in total. The Balaban J connectivity index is 0.751. The van der Waals surface area contributed by atoms with Crippen molar-refractivity contribution in [2.75, 3.05) is 9.80 Å². The Morgan fingerprint density at radius 1 is 0.163 bits per heavy atom. The van der Waals surface area contributed by atoms with Crippen molar-refractivity contribution < 1.29 is 0 Å². The maximum atomic E-state index is 2.65. The molecule has 0 bridgehead atoms. The van der Waals surface area contributed by atoms with Gasteiger partial charge in [-0.25, -0.2) is 0 Å². The molecule has 0 fully saturated rings. The molecule has 25 aromatic rings. The summed E-state index contributed by atoms with van der Waals surface area (Å²) in [6, 6.07) is 196. The van der Waals surface area contributed by atoms with Crippen LogP contribution in [0.5, 0.6) is 0 Å². The Morgan fingerprint density at radius 3 is 0.741 bits per heavy atom. The second-order valence-electron chi connectivity index (χ2n) is 36.0. The van der Waals surface area contributed by atoms with Crippen LogP contribution < -0.4 is 51.3 Å². The average Bonchev–Trinajstić information content (AvgIpc) is 1.34. The summed E-state index contributed by atoms with van der Waals surface area (Å²) in [6.45, 7) is 0. The number of anilines is 6. The lowest BCUT2D eigenvalue weighted by molar-refractivity contribution is 0.903. The summed E-state index contributed by atoms with van der Waals surface area (Å²) in [5, 5.41) is 20.2. The first-order valence-electron chi connectivity index (χ1n) is 46.8. The van der Waals surface area contributed by atoms with Crippen molar-refractivity contribution >= 4 is 179 Å². The van der Waals surface area contributed by atoms with Gasteiger partial charge >= 0.3 is 0 Å². The van der Waals surface area contributed by atoms with Crippen LogP contribution in [-0.2, 0) is 0 Å². The molecule has 0 spiro atoms. The molecule has 0 saturated carbocycles. The molecule has 0 unspecified atom stereocenters. The Hall–Kier alpha value is -17.1. The number of aromatic nitrogens is 4. The van der Waals surface area contributed by atoms with Gasteiger partial charge in [0.05, 0.1) is 89.6 Å². The van der Waals surface area contributed by atoms with E-state index in [1.807, 2.05) is 0 Å². The molecular formula is C127H86N6Si2. The molecule has 0 amide bonds. The lowest BCUT2D eigenvalue weighted by Gasteiger charge is -2.46. The SMILES string of the molecule is c1ccc([Si](c2ccccc2)(c2ccccc2)c2cccc(-c3ccccc3N3c4ccc(-n5c6ccccc6c6cccc(-n7c8ccccc8c8ccccc87)c65)cc4C4c5cc(-n6c7ccccc7c7cccc(-n8c9ccccc9c9ccccc98)c76)ccc5N(c5ccccc5-c5cccc([Si](c6ccccc6)(c6ccccc6)c6ccccc6)c5)c5cccc3c54)c2)cc1. The maximum absolute atomic E-state index is 3.05. The van der Waals surface area contributed by atoms with E-state index in [1.165, 1.54) is 101 Å². The van der Waals surface area contributed by atoms with E-state index >= 15 is 0 Å². The second kappa shape index (κ2) is 31.3. The standard InChI is InChI=1S/C127H86N6Si2/c1-7-42-90(43-8-1)134(91-44-9-2-10-45-91,92-46-11-3-12-47-92)96-54-35-40-86(82-96)98-56-19-27-66-110(98)130-118-80-78-88(128-112-68-29-25-62-104(112)106-64-37-76-122(126(106)128)132-114-70-31-21-58-100(114)101-59-22-32-71-115(101)132)84-108(118)124-109-85-89(129-113-69-30-26-63-105(113)107-65-38-77-123(127(107)129)133-116-72-33-23-60-102(116)103-61-24-34-73-117(103)133)79-81-119(109)131(121-75-39-74-120(130)125(121)124)111-67-28-20-57-99(111)87-41-36-55-97(83-87)135(93-48-13-4-14-49-93,94-50-15-5-16-51-94)95-52-17-6-18-53-95/h1-85,124H. The molecular weight excluding hydrogens is 1670 g/mol. The number of para-hydroxylation sites is 10. The van der Waals surface area contributed by atoms with Crippen molar-refractivity contribution in [1.82, 2.24) is 18.3 Å². The molecule has 0 saturated heterocycles. The predicted octanol–water partition coefficient (Wildman–Crippen LogP) is 26.9. The van der Waals surface area contributed by atoms with E-state index in [0.717, 1.165) is 123 Å². The first-order chi connectivity index (χ1) is 67.1. The third-order valence-corrected chi connectivity index (χ3v) is 38.8. The number of rotatable bonds is 16. The van der Waals surface area contributed by atoms with Crippen molar-refractivity contribution in [2.24, 2.45) is 0 Å². The van der Waals surface area contributed by atoms with Gasteiger partial charge in [-0.15, -0.1) is 0 Å². The highest BCUT2D eigenvalue weighted by Crippen LogP contribution is 2.63. The van der Waals surface area contributed by atoms with Gasteiger partial charge < -0.3 is 28.1 Å². The minimum absolute atomic E-state index is 0.377. The summed E-state index contributed by atoms with van der Waals surface area (Å²) < 4.78 is 10.2. The molecule has 2 aliphatic heterocycles. The summed E-state index contributed by atoms with van der Waals surface area (Å²) in [7, 11) is -6.11. The van der Waals surface area contributed by atoms with Gasteiger partial charge in [-0.3, -0.25) is 0 Å². The highest BCUT2D eigenvalue weighted by Gasteiger charge is 2.46. The molecule has 0 aliphatic carbocycles. The molecule has 4 aromatic heterocycles. The zero-order chi connectivity index (χ0) is 88.8. The molecule has 632 valence electrons. The van der Waals surface area contributed by atoms with Crippen LogP contribution in [-0.4, -0.2) is 34.4 Å². The summed E-state index contributed by atoms with van der Waals surface area (Å²) >= 11 is 0. The Kier molecular flexibility index (Phi) is 18.0. The summed E-state index contributed by atoms with van der Waals surface area (Å²) in [5.41, 5.74) is 28.1. The molecule has 0 atom stereocenters. The third kappa shape index (κ3) is 11.7. The quantitative estimate of drug-likeness (QED) is 0.0712. The Labute approximate surface area is 784 Å². The first kappa shape index (κ1) is 77.8. The minimum atomic E-state index is -3.05.